The highest BCUT2D eigenvalue weighted by molar-refractivity contribution is 5.76. The van der Waals surface area contributed by atoms with E-state index in [4.69, 9.17) is 28.4 Å². The van der Waals surface area contributed by atoms with Gasteiger partial charge in [-0.15, -0.1) is 0 Å². The summed E-state index contributed by atoms with van der Waals surface area (Å²) in [5.41, 5.74) is 0.312. The Hall–Kier alpha value is -2.20. The molecule has 0 saturated heterocycles. The number of fused-ring (bicyclic) bond motifs is 18. The van der Waals surface area contributed by atoms with Crippen LogP contribution in [-0.2, 0) is 47.6 Å². The van der Waals surface area contributed by atoms with Crippen LogP contribution in [0.2, 0.25) is 0 Å². The maximum Gasteiger partial charge on any atom is 0.311 e. The number of esters is 4. The lowest BCUT2D eigenvalue weighted by molar-refractivity contribution is -0.175. The van der Waals surface area contributed by atoms with E-state index in [1.165, 1.54) is 96.3 Å². The molecule has 0 radical (unpaired) electrons. The van der Waals surface area contributed by atoms with Crippen molar-refractivity contribution in [2.24, 2.45) is 141 Å². The van der Waals surface area contributed by atoms with Crippen molar-refractivity contribution >= 4 is 23.9 Å². The minimum absolute atomic E-state index is 0. The molecule has 0 amide bonds. The Morgan fingerprint density at radius 1 is 0.480 bits per heavy atom. The molecular weight excluding hydrogens is 941 g/mol. The van der Waals surface area contributed by atoms with Gasteiger partial charge in [0.15, 0.2) is 13.6 Å². The van der Waals surface area contributed by atoms with Crippen molar-refractivity contribution in [2.75, 3.05) is 26.8 Å². The van der Waals surface area contributed by atoms with Gasteiger partial charge < -0.3 is 28.4 Å². The van der Waals surface area contributed by atoms with Crippen molar-refractivity contribution in [3.63, 3.8) is 0 Å². The second-order valence-corrected chi connectivity index (χ2v) is 29.3. The summed E-state index contributed by atoms with van der Waals surface area (Å²) in [5.74, 6) is 12.4. The van der Waals surface area contributed by atoms with Gasteiger partial charge in [-0.3, -0.25) is 19.2 Å². The second-order valence-electron chi connectivity index (χ2n) is 29.3. The molecule has 0 N–H and O–H groups in total. The predicted molar refractivity (Wildman–Crippen MR) is 291 cm³/mol. The summed E-state index contributed by atoms with van der Waals surface area (Å²) in [6.45, 7) is 11.8. The predicted octanol–water partition coefficient (Wildman–Crippen LogP) is 14.1. The first kappa shape index (κ1) is 57.5. The summed E-state index contributed by atoms with van der Waals surface area (Å²) < 4.78 is 35.8. The standard InChI is InChI=1S/C31H46O5.C30H44O5.4CH4/c1-4-30(2,3)29(33)36-25-11-21-10-24(25)27-22-8-20(26(21)27)9-23(22)28(32)35-16-34-15-31-12-17-5-18(13-31)7-19(6-17)14-31;1-3-16(2)28(31)35-25-10-21-9-24(25)27-22-7-20(26(21)27)8-23(22)29(32)34-15-33-14-30-11-17-4-18(12-30)6-19(5-17)13-30;;;;/h17-27H,4-16H2,1-3H3;16-27H,3-15H2,1-2H3;4*1H4. The molecule has 426 valence electrons. The molecule has 0 spiro atoms. The summed E-state index contributed by atoms with van der Waals surface area (Å²) >= 11 is 0. The molecule has 0 aliphatic heterocycles. The van der Waals surface area contributed by atoms with Gasteiger partial charge in [0.2, 0.25) is 0 Å². The van der Waals surface area contributed by atoms with E-state index in [1.54, 1.807) is 0 Å². The fourth-order valence-electron chi connectivity index (χ4n) is 22.6. The summed E-state index contributed by atoms with van der Waals surface area (Å²) in [6, 6.07) is 0. The molecule has 0 heterocycles. The van der Waals surface area contributed by atoms with Crippen molar-refractivity contribution in [1.82, 2.24) is 0 Å². The molecule has 16 aliphatic rings. The lowest BCUT2D eigenvalue weighted by Crippen LogP contribution is -2.48. The minimum Gasteiger partial charge on any atom is -0.462 e. The maximum absolute atomic E-state index is 13.2. The molecule has 0 aromatic heterocycles. The van der Waals surface area contributed by atoms with Gasteiger partial charge in [0, 0.05) is 0 Å². The molecule has 17 atom stereocenters. The van der Waals surface area contributed by atoms with E-state index in [0.29, 0.717) is 70.0 Å². The molecule has 17 unspecified atom stereocenters. The van der Waals surface area contributed by atoms with Gasteiger partial charge in [0.25, 0.3) is 0 Å². The van der Waals surface area contributed by atoms with Gasteiger partial charge in [0.1, 0.15) is 12.2 Å². The quantitative estimate of drug-likeness (QED) is 0.0485. The van der Waals surface area contributed by atoms with Crippen LogP contribution in [0.4, 0.5) is 0 Å². The maximum atomic E-state index is 13.2. The van der Waals surface area contributed by atoms with E-state index in [1.807, 2.05) is 27.7 Å². The zero-order valence-corrected chi connectivity index (χ0v) is 44.2. The Labute approximate surface area is 454 Å². The highest BCUT2D eigenvalue weighted by Crippen LogP contribution is 2.71. The van der Waals surface area contributed by atoms with E-state index in [0.717, 1.165) is 106 Å². The Morgan fingerprint density at radius 2 is 0.840 bits per heavy atom. The van der Waals surface area contributed by atoms with Gasteiger partial charge >= 0.3 is 23.9 Å². The van der Waals surface area contributed by atoms with Crippen LogP contribution in [0.3, 0.4) is 0 Å². The molecule has 16 aliphatic carbocycles. The smallest absolute Gasteiger partial charge is 0.311 e. The highest BCUT2D eigenvalue weighted by Gasteiger charge is 2.68. The van der Waals surface area contributed by atoms with E-state index >= 15 is 0 Å². The van der Waals surface area contributed by atoms with E-state index in [2.05, 4.69) is 6.92 Å². The zero-order chi connectivity index (χ0) is 48.7. The Bertz CT molecular complexity index is 1990. The van der Waals surface area contributed by atoms with Crippen molar-refractivity contribution in [1.29, 1.82) is 0 Å². The van der Waals surface area contributed by atoms with Crippen molar-refractivity contribution in [3.8, 4) is 0 Å². The SMILES string of the molecule is C.C.C.C.CCC(C)(C)C(=O)OC1CC2CC1C1C3CC(CC3C(=O)OCOCC34CC5CC(CC(C5)C3)C4)C21.CCC(C)C(=O)OC1CC2CC1C1C3CC(CC3C(=O)OCOCC34CC5CC(CC(C5)C3)C4)C21. The third-order valence-electron chi connectivity index (χ3n) is 24.8. The zero-order valence-electron chi connectivity index (χ0n) is 44.2. The summed E-state index contributed by atoms with van der Waals surface area (Å²) in [4.78, 5) is 51.6. The average molecular weight is 1050 g/mol. The van der Waals surface area contributed by atoms with Crippen molar-refractivity contribution < 1.29 is 47.6 Å². The van der Waals surface area contributed by atoms with Crippen LogP contribution in [-0.4, -0.2) is 62.9 Å². The number of hydrogen-bond acceptors (Lipinski definition) is 10. The van der Waals surface area contributed by atoms with E-state index in [-0.39, 0.29) is 97.1 Å². The van der Waals surface area contributed by atoms with E-state index < -0.39 is 5.41 Å². The lowest BCUT2D eigenvalue weighted by atomic mass is 9.50. The molecule has 0 aromatic rings. The van der Waals surface area contributed by atoms with Gasteiger partial charge in [-0.25, -0.2) is 0 Å². The Balaban J connectivity index is 0.000000174. The van der Waals surface area contributed by atoms with Crippen LogP contribution in [0.15, 0.2) is 0 Å². The largest absolute Gasteiger partial charge is 0.462 e. The summed E-state index contributed by atoms with van der Waals surface area (Å²) in [6.07, 6.45) is 27.2. The minimum atomic E-state index is -0.418. The summed E-state index contributed by atoms with van der Waals surface area (Å²) in [7, 11) is 0. The molecule has 10 nitrogen and oxygen atoms in total. The van der Waals surface area contributed by atoms with Crippen LogP contribution < -0.4 is 0 Å². The monoisotopic (exact) mass is 1050 g/mol. The lowest BCUT2D eigenvalue weighted by Gasteiger charge is -2.56. The van der Waals surface area contributed by atoms with Crippen LogP contribution in [0.5, 0.6) is 0 Å². The number of carbonyl (C=O) groups excluding carboxylic acids is 4. The fourth-order valence-corrected chi connectivity index (χ4v) is 22.6. The highest BCUT2D eigenvalue weighted by atomic mass is 16.7. The van der Waals surface area contributed by atoms with Gasteiger partial charge in [-0.1, -0.05) is 50.5 Å². The van der Waals surface area contributed by atoms with Crippen molar-refractivity contribution in [2.45, 2.75) is 218 Å². The fraction of sp³-hybridized carbons (Fsp3) is 0.938. The normalized spacial score (nSPS) is 47.5. The van der Waals surface area contributed by atoms with E-state index in [9.17, 15) is 19.2 Å². The molecule has 16 saturated carbocycles. The first-order valence-electron chi connectivity index (χ1n) is 30.1. The topological polar surface area (TPSA) is 124 Å². The number of rotatable bonds is 16. The third-order valence-corrected chi connectivity index (χ3v) is 24.8. The third kappa shape index (κ3) is 10.0. The first-order chi connectivity index (χ1) is 34.2. The molecule has 16 rings (SSSR count). The molecule has 75 heavy (non-hydrogen) atoms. The molecule has 16 fully saturated rings. The number of hydrogen-bond donors (Lipinski definition) is 0. The molecule has 10 heteroatoms. The second kappa shape index (κ2) is 21.7. The average Bonchev–Trinajstić information content (AvgIpc) is 4.24. The number of carbonyl (C=O) groups is 4. The number of ether oxygens (including phenoxy) is 6. The van der Waals surface area contributed by atoms with Crippen molar-refractivity contribution in [3.05, 3.63) is 0 Å². The molecule has 0 aromatic carbocycles. The van der Waals surface area contributed by atoms with Crippen LogP contribution in [0.1, 0.15) is 206 Å². The summed E-state index contributed by atoms with van der Waals surface area (Å²) in [5, 5.41) is 0. The van der Waals surface area contributed by atoms with Gasteiger partial charge in [0.05, 0.1) is 36.4 Å². The molecular formula is C65H106O10. The Morgan fingerprint density at radius 3 is 1.21 bits per heavy atom. The van der Waals surface area contributed by atoms with Crippen LogP contribution >= 0.6 is 0 Å². The molecule has 16 bridgehead atoms. The van der Waals surface area contributed by atoms with Crippen LogP contribution in [0.25, 0.3) is 0 Å². The van der Waals surface area contributed by atoms with Crippen LogP contribution in [0, 0.1) is 141 Å². The Kier molecular flexibility index (Phi) is 16.6. The van der Waals surface area contributed by atoms with Gasteiger partial charge in [-0.2, -0.15) is 0 Å². The van der Waals surface area contributed by atoms with Gasteiger partial charge in [-0.05, 0) is 272 Å². The first-order valence-corrected chi connectivity index (χ1v) is 30.1.